The monoisotopic (exact) mass is 231 g/mol. The molecule has 0 aromatic carbocycles. The predicted octanol–water partition coefficient (Wildman–Crippen LogP) is 2.84. The number of hydrogen-bond donors (Lipinski definition) is 0. The summed E-state index contributed by atoms with van der Waals surface area (Å²) in [6, 6.07) is 0. The van der Waals surface area contributed by atoms with Crippen molar-refractivity contribution in [3.8, 4) is 0 Å². The van der Waals surface area contributed by atoms with Gasteiger partial charge in [-0.25, -0.2) is 0 Å². The Hall–Kier alpha value is -0.120. The average molecular weight is 231 g/mol. The van der Waals surface area contributed by atoms with E-state index in [1.807, 2.05) is 0 Å². The lowest BCUT2D eigenvalue weighted by Crippen LogP contribution is -2.05. The molecule has 0 atom stereocenters. The minimum atomic E-state index is 0.790. The lowest BCUT2D eigenvalue weighted by molar-refractivity contribution is 0.0631. The molecule has 0 heterocycles. The Kier molecular flexibility index (Phi) is 14.8. The summed E-state index contributed by atoms with van der Waals surface area (Å²) in [4.78, 5) is 0. The lowest BCUT2D eigenvalue weighted by Gasteiger charge is -2.05. The first-order valence-electron chi connectivity index (χ1n) is 6.44. The molecule has 0 fully saturated rings. The quantitative estimate of drug-likeness (QED) is 0.456. The summed E-state index contributed by atoms with van der Waals surface area (Å²) < 4.78 is 16.2. The fourth-order valence-electron chi connectivity index (χ4n) is 1.18. The minimum Gasteiger partial charge on any atom is -0.381 e. The molecular formula is C13H27O3. The maximum Gasteiger partial charge on any atom is 0.0488 e. The third-order valence-electron chi connectivity index (χ3n) is 2.04. The van der Waals surface area contributed by atoms with E-state index in [9.17, 15) is 0 Å². The van der Waals surface area contributed by atoms with Crippen LogP contribution in [0.5, 0.6) is 0 Å². The van der Waals surface area contributed by atoms with E-state index in [0.717, 1.165) is 71.7 Å². The van der Waals surface area contributed by atoms with Gasteiger partial charge in [0, 0.05) is 39.6 Å². The van der Waals surface area contributed by atoms with Gasteiger partial charge in [0.1, 0.15) is 0 Å². The molecule has 0 N–H and O–H groups in total. The molecular weight excluding hydrogens is 204 g/mol. The highest BCUT2D eigenvalue weighted by atomic mass is 16.5. The van der Waals surface area contributed by atoms with E-state index in [0.29, 0.717) is 0 Å². The molecule has 0 aromatic rings. The molecule has 0 amide bonds. The standard InChI is InChI=1S/C13H27O3/c1-3-5-9-15-11-7-13-16-12-6-10-14-8-4-2/h1,3-13H2,2H3. The smallest absolute Gasteiger partial charge is 0.0488 e. The number of rotatable bonds is 13. The fraction of sp³-hybridized carbons (Fsp3) is 0.923. The second-order valence-electron chi connectivity index (χ2n) is 3.75. The summed E-state index contributed by atoms with van der Waals surface area (Å²) in [5.41, 5.74) is 0. The zero-order valence-corrected chi connectivity index (χ0v) is 10.7. The zero-order chi connectivity index (χ0) is 11.9. The van der Waals surface area contributed by atoms with E-state index >= 15 is 0 Å². The lowest BCUT2D eigenvalue weighted by atomic mass is 10.4. The van der Waals surface area contributed by atoms with Gasteiger partial charge in [0.05, 0.1) is 0 Å². The van der Waals surface area contributed by atoms with Gasteiger partial charge in [0.15, 0.2) is 0 Å². The maximum absolute atomic E-state index is 5.45. The topological polar surface area (TPSA) is 27.7 Å². The van der Waals surface area contributed by atoms with Crippen LogP contribution in [0, 0.1) is 6.92 Å². The highest BCUT2D eigenvalue weighted by molar-refractivity contribution is 4.41. The molecule has 16 heavy (non-hydrogen) atoms. The van der Waals surface area contributed by atoms with Gasteiger partial charge in [0.2, 0.25) is 0 Å². The molecule has 0 rings (SSSR count). The van der Waals surface area contributed by atoms with Crippen molar-refractivity contribution >= 4 is 0 Å². The largest absolute Gasteiger partial charge is 0.381 e. The van der Waals surface area contributed by atoms with Crippen molar-refractivity contribution in [3.63, 3.8) is 0 Å². The number of hydrogen-bond acceptors (Lipinski definition) is 3. The molecule has 0 saturated carbocycles. The van der Waals surface area contributed by atoms with E-state index < -0.39 is 0 Å². The third-order valence-corrected chi connectivity index (χ3v) is 2.04. The maximum atomic E-state index is 5.45. The van der Waals surface area contributed by atoms with E-state index in [4.69, 9.17) is 14.2 Å². The Balaban J connectivity index is 2.83. The van der Waals surface area contributed by atoms with Gasteiger partial charge in [-0.1, -0.05) is 20.3 Å². The molecule has 3 heteroatoms. The predicted molar refractivity (Wildman–Crippen MR) is 66.6 cm³/mol. The average Bonchev–Trinajstić information content (AvgIpc) is 2.31. The van der Waals surface area contributed by atoms with Crippen molar-refractivity contribution in [1.82, 2.24) is 0 Å². The van der Waals surface area contributed by atoms with Crippen LogP contribution in [-0.4, -0.2) is 39.6 Å². The second kappa shape index (κ2) is 14.9. The van der Waals surface area contributed by atoms with Crippen LogP contribution in [0.3, 0.4) is 0 Å². The van der Waals surface area contributed by atoms with Gasteiger partial charge in [-0.2, -0.15) is 0 Å². The van der Waals surface area contributed by atoms with Crippen molar-refractivity contribution in [2.24, 2.45) is 0 Å². The molecule has 0 saturated heterocycles. The molecule has 3 nitrogen and oxygen atoms in total. The van der Waals surface area contributed by atoms with Crippen LogP contribution in [0.4, 0.5) is 0 Å². The summed E-state index contributed by atoms with van der Waals surface area (Å²) in [6.07, 6.45) is 5.06. The highest BCUT2D eigenvalue weighted by Gasteiger charge is 1.91. The normalized spacial score (nSPS) is 10.9. The SMILES string of the molecule is [CH2]CCCOCCCOCCCOCCC. The van der Waals surface area contributed by atoms with Gasteiger partial charge in [-0.3, -0.25) is 0 Å². The second-order valence-corrected chi connectivity index (χ2v) is 3.75. The van der Waals surface area contributed by atoms with Crippen molar-refractivity contribution in [2.45, 2.75) is 39.0 Å². The van der Waals surface area contributed by atoms with Gasteiger partial charge in [0.25, 0.3) is 0 Å². The van der Waals surface area contributed by atoms with Crippen LogP contribution in [0.15, 0.2) is 0 Å². The first kappa shape index (κ1) is 15.9. The molecule has 0 unspecified atom stereocenters. The van der Waals surface area contributed by atoms with Gasteiger partial charge in [-0.05, 0) is 25.7 Å². The van der Waals surface area contributed by atoms with E-state index in [-0.39, 0.29) is 0 Å². The summed E-state index contributed by atoms with van der Waals surface area (Å²) in [5, 5.41) is 0. The first-order chi connectivity index (χ1) is 7.91. The Bertz CT molecular complexity index is 104. The fourth-order valence-corrected chi connectivity index (χ4v) is 1.18. The highest BCUT2D eigenvalue weighted by Crippen LogP contribution is 1.92. The number of unbranched alkanes of at least 4 members (excludes halogenated alkanes) is 1. The van der Waals surface area contributed by atoms with Crippen LogP contribution in [0.1, 0.15) is 39.0 Å². The zero-order valence-electron chi connectivity index (χ0n) is 10.7. The van der Waals surface area contributed by atoms with Crippen LogP contribution in [-0.2, 0) is 14.2 Å². The van der Waals surface area contributed by atoms with E-state index in [2.05, 4.69) is 13.8 Å². The molecule has 0 spiro atoms. The Morgan fingerprint density at radius 2 is 1.12 bits per heavy atom. The molecule has 97 valence electrons. The molecule has 0 aliphatic heterocycles. The van der Waals surface area contributed by atoms with Crippen molar-refractivity contribution in [2.75, 3.05) is 39.6 Å². The first-order valence-corrected chi connectivity index (χ1v) is 6.44. The summed E-state index contributed by atoms with van der Waals surface area (Å²) in [7, 11) is 0. The third kappa shape index (κ3) is 13.9. The van der Waals surface area contributed by atoms with E-state index in [1.165, 1.54) is 0 Å². The molecule has 1 radical (unpaired) electrons. The summed E-state index contributed by atoms with van der Waals surface area (Å²) in [5.74, 6) is 0. The van der Waals surface area contributed by atoms with Crippen molar-refractivity contribution in [3.05, 3.63) is 6.92 Å². The molecule has 0 aliphatic carbocycles. The van der Waals surface area contributed by atoms with Gasteiger partial charge < -0.3 is 14.2 Å². The molecule has 0 bridgehead atoms. The van der Waals surface area contributed by atoms with Crippen LogP contribution in [0.25, 0.3) is 0 Å². The summed E-state index contributed by atoms with van der Waals surface area (Å²) in [6.45, 7) is 10.8. The van der Waals surface area contributed by atoms with E-state index in [1.54, 1.807) is 0 Å². The number of ether oxygens (including phenoxy) is 3. The van der Waals surface area contributed by atoms with Crippen molar-refractivity contribution in [1.29, 1.82) is 0 Å². The molecule has 0 aromatic heterocycles. The molecule has 0 aliphatic rings. The Morgan fingerprint density at radius 3 is 1.56 bits per heavy atom. The van der Waals surface area contributed by atoms with Crippen molar-refractivity contribution < 1.29 is 14.2 Å². The van der Waals surface area contributed by atoms with Gasteiger partial charge in [-0.15, -0.1) is 0 Å². The Labute approximate surface area is 100 Å². The van der Waals surface area contributed by atoms with Gasteiger partial charge >= 0.3 is 0 Å². The minimum absolute atomic E-state index is 0.790. The van der Waals surface area contributed by atoms with Crippen LogP contribution < -0.4 is 0 Å². The van der Waals surface area contributed by atoms with Crippen LogP contribution in [0.2, 0.25) is 0 Å². The van der Waals surface area contributed by atoms with Crippen LogP contribution >= 0.6 is 0 Å². The summed E-state index contributed by atoms with van der Waals surface area (Å²) >= 11 is 0. The Morgan fingerprint density at radius 1 is 0.688 bits per heavy atom.